The van der Waals surface area contributed by atoms with Gasteiger partial charge in [0, 0.05) is 12.6 Å². The third kappa shape index (κ3) is 4.68. The molecule has 1 aliphatic heterocycles. The van der Waals surface area contributed by atoms with Crippen LogP contribution in [0.3, 0.4) is 0 Å². The summed E-state index contributed by atoms with van der Waals surface area (Å²) >= 11 is 0. The smallest absolute Gasteiger partial charge is 0.269 e. The molecule has 0 aromatic heterocycles. The Morgan fingerprint density at radius 2 is 1.76 bits per heavy atom. The quantitative estimate of drug-likeness (QED) is 0.646. The third-order valence-corrected chi connectivity index (χ3v) is 8.11. The molecule has 0 radical (unpaired) electrons. The second-order valence-electron chi connectivity index (χ2n) is 8.63. The molecule has 2 aliphatic rings. The maximum atomic E-state index is 13.4. The number of nitrogens with zero attached hydrogens (tertiary/aromatic N) is 2. The number of hydrogen-bond acceptors (Lipinski definition) is 5. The molecule has 10 heteroatoms. The maximum Gasteiger partial charge on any atom is 0.269 e. The van der Waals surface area contributed by atoms with E-state index >= 15 is 0 Å². The zero-order valence-electron chi connectivity index (χ0n) is 18.7. The molecule has 0 bridgehead atoms. The molecule has 34 heavy (non-hydrogen) atoms. The summed E-state index contributed by atoms with van der Waals surface area (Å²) in [6, 6.07) is 10.3. The second-order valence-corrected chi connectivity index (χ2v) is 10.5. The van der Waals surface area contributed by atoms with Gasteiger partial charge in [-0.25, -0.2) is 17.1 Å². The van der Waals surface area contributed by atoms with Gasteiger partial charge in [0.2, 0.25) is 11.8 Å². The van der Waals surface area contributed by atoms with Gasteiger partial charge in [0.15, 0.2) is 0 Å². The van der Waals surface area contributed by atoms with Crippen molar-refractivity contribution in [3.63, 3.8) is 0 Å². The monoisotopic (exact) mass is 487 g/mol. The molecule has 3 amide bonds. The minimum atomic E-state index is -4.18. The van der Waals surface area contributed by atoms with Crippen molar-refractivity contribution in [2.75, 3.05) is 6.54 Å². The third-order valence-electron chi connectivity index (χ3n) is 6.33. The zero-order chi connectivity index (χ0) is 24.5. The number of sulfonamides is 1. The summed E-state index contributed by atoms with van der Waals surface area (Å²) in [4.78, 5) is 40.1. The van der Waals surface area contributed by atoms with E-state index in [-0.39, 0.29) is 29.0 Å². The topological polar surface area (TPSA) is 104 Å². The summed E-state index contributed by atoms with van der Waals surface area (Å²) in [6.45, 7) is 0.770. The summed E-state index contributed by atoms with van der Waals surface area (Å²) in [5, 5.41) is 2.95. The molecular formula is C24H26FN3O5S. The molecule has 0 saturated heterocycles. The molecule has 0 spiro atoms. The Bertz CT molecular complexity index is 1210. The Labute approximate surface area is 197 Å². The molecule has 1 fully saturated rings. The molecule has 4 rings (SSSR count). The van der Waals surface area contributed by atoms with Crippen LogP contribution in [-0.2, 0) is 26.2 Å². The van der Waals surface area contributed by atoms with Crippen LogP contribution in [0.4, 0.5) is 4.39 Å². The van der Waals surface area contributed by atoms with Crippen LogP contribution in [0.15, 0.2) is 53.4 Å². The highest BCUT2D eigenvalue weighted by Crippen LogP contribution is 2.30. The highest BCUT2D eigenvalue weighted by Gasteiger charge is 2.43. The van der Waals surface area contributed by atoms with Crippen LogP contribution in [0, 0.1) is 5.82 Å². The van der Waals surface area contributed by atoms with Crippen molar-refractivity contribution < 1.29 is 27.2 Å². The van der Waals surface area contributed by atoms with Crippen molar-refractivity contribution in [3.8, 4) is 0 Å². The number of amides is 3. The Kier molecular flexibility index (Phi) is 6.70. The van der Waals surface area contributed by atoms with Crippen molar-refractivity contribution in [1.82, 2.24) is 14.5 Å². The summed E-state index contributed by atoms with van der Waals surface area (Å²) in [6.07, 6.45) is 3.77. The lowest BCUT2D eigenvalue weighted by Crippen LogP contribution is -2.52. The number of rotatable bonds is 7. The molecule has 180 valence electrons. The Balaban J connectivity index is 1.57. The van der Waals surface area contributed by atoms with Crippen LogP contribution in [-0.4, -0.2) is 54.0 Å². The normalized spacial score (nSPS) is 17.9. The van der Waals surface area contributed by atoms with Gasteiger partial charge in [-0.15, -0.1) is 0 Å². The first-order chi connectivity index (χ1) is 16.2. The maximum absolute atomic E-state index is 13.4. The number of halogens is 1. The Morgan fingerprint density at radius 3 is 2.41 bits per heavy atom. The van der Waals surface area contributed by atoms with E-state index in [4.69, 9.17) is 0 Å². The van der Waals surface area contributed by atoms with E-state index in [1.807, 2.05) is 0 Å². The fourth-order valence-corrected chi connectivity index (χ4v) is 5.88. The fraction of sp³-hybridized carbons (Fsp3) is 0.375. The van der Waals surface area contributed by atoms with E-state index in [2.05, 4.69) is 5.32 Å². The van der Waals surface area contributed by atoms with E-state index in [1.54, 1.807) is 13.0 Å². The predicted molar refractivity (Wildman–Crippen MR) is 121 cm³/mol. The highest BCUT2D eigenvalue weighted by molar-refractivity contribution is 7.90. The minimum absolute atomic E-state index is 0.00686. The van der Waals surface area contributed by atoms with Crippen LogP contribution in [0.1, 0.15) is 48.5 Å². The average Bonchev–Trinajstić information content (AvgIpc) is 3.39. The van der Waals surface area contributed by atoms with Crippen LogP contribution >= 0.6 is 0 Å². The van der Waals surface area contributed by atoms with Gasteiger partial charge >= 0.3 is 0 Å². The number of benzene rings is 2. The Morgan fingerprint density at radius 1 is 1.12 bits per heavy atom. The first-order valence-corrected chi connectivity index (χ1v) is 12.6. The molecule has 2 aromatic rings. The lowest BCUT2D eigenvalue weighted by atomic mass is 10.1. The van der Waals surface area contributed by atoms with Crippen LogP contribution in [0.2, 0.25) is 0 Å². The van der Waals surface area contributed by atoms with Crippen molar-refractivity contribution in [1.29, 1.82) is 0 Å². The zero-order valence-corrected chi connectivity index (χ0v) is 19.6. The van der Waals surface area contributed by atoms with Gasteiger partial charge in [0.05, 0.1) is 5.56 Å². The number of fused-ring (bicyclic) bond motifs is 1. The standard InChI is InChI=1S/C24H26FN3O5S/c1-16(23(30)26-19-6-2-3-7-19)27(14-17-10-12-18(25)13-11-17)22(29)15-28-24(31)20-8-4-5-9-21(20)34(28,32)33/h4-5,8-13,16,19H,2-3,6-7,14-15H2,1H3,(H,26,30)/t16-/m1/s1. The molecule has 0 unspecified atom stereocenters. The van der Waals surface area contributed by atoms with E-state index in [0.717, 1.165) is 25.7 Å². The van der Waals surface area contributed by atoms with Crippen LogP contribution < -0.4 is 5.32 Å². The molecule has 1 heterocycles. The molecule has 8 nitrogen and oxygen atoms in total. The van der Waals surface area contributed by atoms with Crippen LogP contribution in [0.5, 0.6) is 0 Å². The number of carbonyl (C=O) groups excluding carboxylic acids is 3. The summed E-state index contributed by atoms with van der Waals surface area (Å²) in [7, 11) is -4.18. The van der Waals surface area contributed by atoms with Gasteiger partial charge in [0.25, 0.3) is 15.9 Å². The SMILES string of the molecule is C[C@H](C(=O)NC1CCCC1)N(Cc1ccc(F)cc1)C(=O)CN1C(=O)c2ccccc2S1(=O)=O. The average molecular weight is 488 g/mol. The van der Waals surface area contributed by atoms with E-state index in [0.29, 0.717) is 9.87 Å². The van der Waals surface area contributed by atoms with Crippen molar-refractivity contribution in [2.24, 2.45) is 0 Å². The van der Waals surface area contributed by atoms with E-state index in [1.165, 1.54) is 47.4 Å². The molecule has 1 aliphatic carbocycles. The first kappa shape index (κ1) is 23.9. The number of nitrogens with one attached hydrogen (secondary N) is 1. The van der Waals surface area contributed by atoms with E-state index < -0.39 is 40.2 Å². The van der Waals surface area contributed by atoms with Gasteiger partial charge in [-0.2, -0.15) is 0 Å². The van der Waals surface area contributed by atoms with Gasteiger partial charge in [-0.05, 0) is 49.6 Å². The molecule has 2 aromatic carbocycles. The lowest BCUT2D eigenvalue weighted by molar-refractivity contribution is -0.140. The van der Waals surface area contributed by atoms with Crippen molar-refractivity contribution >= 4 is 27.7 Å². The number of carbonyl (C=O) groups is 3. The summed E-state index contributed by atoms with van der Waals surface area (Å²) in [5.41, 5.74) is 0.571. The van der Waals surface area contributed by atoms with Gasteiger partial charge in [0.1, 0.15) is 23.3 Å². The van der Waals surface area contributed by atoms with Gasteiger partial charge < -0.3 is 10.2 Å². The van der Waals surface area contributed by atoms with Crippen molar-refractivity contribution in [2.45, 2.75) is 56.1 Å². The summed E-state index contributed by atoms with van der Waals surface area (Å²) < 4.78 is 39.7. The van der Waals surface area contributed by atoms with Gasteiger partial charge in [-0.1, -0.05) is 37.1 Å². The number of hydrogen-bond donors (Lipinski definition) is 1. The highest BCUT2D eigenvalue weighted by atomic mass is 32.2. The lowest BCUT2D eigenvalue weighted by Gasteiger charge is -2.31. The van der Waals surface area contributed by atoms with E-state index in [9.17, 15) is 27.2 Å². The first-order valence-electron chi connectivity index (χ1n) is 11.2. The largest absolute Gasteiger partial charge is 0.352 e. The Hall–Kier alpha value is -3.27. The predicted octanol–water partition coefficient (Wildman–Crippen LogP) is 2.45. The van der Waals surface area contributed by atoms with Crippen molar-refractivity contribution in [3.05, 3.63) is 65.5 Å². The molecule has 1 saturated carbocycles. The fourth-order valence-electron chi connectivity index (χ4n) is 4.36. The second kappa shape index (κ2) is 9.54. The van der Waals surface area contributed by atoms with Gasteiger partial charge in [-0.3, -0.25) is 14.4 Å². The molecular weight excluding hydrogens is 461 g/mol. The summed E-state index contributed by atoms with van der Waals surface area (Å²) in [5.74, 6) is -2.29. The van der Waals surface area contributed by atoms with Crippen LogP contribution in [0.25, 0.3) is 0 Å². The minimum Gasteiger partial charge on any atom is -0.352 e. The molecule has 1 atom stereocenters. The molecule has 1 N–H and O–H groups in total.